The Labute approximate surface area is 161 Å². The summed E-state index contributed by atoms with van der Waals surface area (Å²) in [6.07, 6.45) is 8.75. The van der Waals surface area contributed by atoms with Crippen LogP contribution in [-0.2, 0) is 6.54 Å². The number of aromatic nitrogens is 4. The van der Waals surface area contributed by atoms with Gasteiger partial charge in [0.15, 0.2) is 5.82 Å². The maximum Gasteiger partial charge on any atom is 0.256 e. The molecule has 4 aromatic rings. The molecule has 0 unspecified atom stereocenters. The molecule has 3 aromatic heterocycles. The molecule has 27 heavy (non-hydrogen) atoms. The number of carbonyl (C=O) groups excluding carboxylic acids is 1. The molecule has 1 aromatic carbocycles. The van der Waals surface area contributed by atoms with Gasteiger partial charge < -0.3 is 9.88 Å². The third kappa shape index (κ3) is 3.61. The van der Waals surface area contributed by atoms with Gasteiger partial charge in [-0.15, -0.1) is 0 Å². The van der Waals surface area contributed by atoms with Crippen molar-refractivity contribution in [2.24, 2.45) is 0 Å². The fourth-order valence-electron chi connectivity index (χ4n) is 2.78. The number of nitrogens with one attached hydrogen (secondary N) is 1. The van der Waals surface area contributed by atoms with E-state index in [4.69, 9.17) is 11.6 Å². The van der Waals surface area contributed by atoms with Crippen molar-refractivity contribution in [2.45, 2.75) is 6.54 Å². The fourth-order valence-corrected chi connectivity index (χ4v) is 2.90. The van der Waals surface area contributed by atoms with E-state index in [0.29, 0.717) is 22.9 Å². The average Bonchev–Trinajstić information content (AvgIpc) is 3.37. The van der Waals surface area contributed by atoms with Gasteiger partial charge >= 0.3 is 0 Å². The molecule has 134 valence electrons. The van der Waals surface area contributed by atoms with E-state index in [0.717, 1.165) is 11.3 Å². The Kier molecular flexibility index (Phi) is 4.72. The van der Waals surface area contributed by atoms with E-state index < -0.39 is 0 Å². The summed E-state index contributed by atoms with van der Waals surface area (Å²) in [5, 5.41) is 7.99. The topological polar surface area (TPSA) is 64.7 Å². The molecule has 0 saturated carbocycles. The van der Waals surface area contributed by atoms with Crippen LogP contribution < -0.4 is 5.32 Å². The zero-order chi connectivity index (χ0) is 18.6. The Hall–Kier alpha value is -3.38. The van der Waals surface area contributed by atoms with Crippen molar-refractivity contribution in [2.75, 3.05) is 0 Å². The van der Waals surface area contributed by atoms with Gasteiger partial charge in [0, 0.05) is 36.4 Å². The summed E-state index contributed by atoms with van der Waals surface area (Å²) in [5.74, 6) is 0.453. The number of carbonyl (C=O) groups is 1. The predicted molar refractivity (Wildman–Crippen MR) is 103 cm³/mol. The first kappa shape index (κ1) is 17.1. The molecule has 0 fully saturated rings. The molecule has 1 amide bonds. The number of amides is 1. The lowest BCUT2D eigenvalue weighted by Gasteiger charge is -2.11. The van der Waals surface area contributed by atoms with Crippen molar-refractivity contribution in [3.63, 3.8) is 0 Å². The first-order valence-corrected chi connectivity index (χ1v) is 8.74. The maximum atomic E-state index is 12.8. The normalized spacial score (nSPS) is 10.7. The quantitative estimate of drug-likeness (QED) is 0.577. The zero-order valence-electron chi connectivity index (χ0n) is 14.3. The maximum absolute atomic E-state index is 12.8. The molecule has 0 saturated heterocycles. The number of hydrogen-bond donors (Lipinski definition) is 1. The Balaban J connectivity index is 1.68. The van der Waals surface area contributed by atoms with Crippen LogP contribution in [0.25, 0.3) is 11.5 Å². The molecule has 0 aliphatic rings. The van der Waals surface area contributed by atoms with Crippen LogP contribution in [0.4, 0.5) is 0 Å². The molecule has 0 spiro atoms. The number of pyridine rings is 1. The van der Waals surface area contributed by atoms with Crippen molar-refractivity contribution in [1.82, 2.24) is 24.6 Å². The molecule has 6 nitrogen and oxygen atoms in total. The molecular weight excluding hydrogens is 362 g/mol. The molecular formula is C20H16ClN5O. The van der Waals surface area contributed by atoms with Gasteiger partial charge in [-0.3, -0.25) is 9.78 Å². The second kappa shape index (κ2) is 7.47. The highest BCUT2D eigenvalue weighted by atomic mass is 35.5. The second-order valence-corrected chi connectivity index (χ2v) is 6.34. The van der Waals surface area contributed by atoms with Crippen molar-refractivity contribution in [3.05, 3.63) is 95.7 Å². The standard InChI is InChI=1S/C20H16ClN5O/c21-16-5-7-17(8-6-16)26-20(25-10-1-2-11-25)18(14-24-26)19(27)23-13-15-4-3-9-22-12-15/h1-12,14H,13H2,(H,23,27). The predicted octanol–water partition coefficient (Wildman–Crippen LogP) is 3.64. The van der Waals surface area contributed by atoms with Crippen LogP contribution in [0.1, 0.15) is 15.9 Å². The van der Waals surface area contributed by atoms with Gasteiger partial charge in [-0.25, -0.2) is 4.68 Å². The molecule has 0 aliphatic heterocycles. The van der Waals surface area contributed by atoms with Gasteiger partial charge in [0.2, 0.25) is 0 Å². The van der Waals surface area contributed by atoms with Crippen LogP contribution in [-0.4, -0.2) is 25.2 Å². The molecule has 1 N–H and O–H groups in total. The lowest BCUT2D eigenvalue weighted by atomic mass is 10.2. The van der Waals surface area contributed by atoms with E-state index >= 15 is 0 Å². The second-order valence-electron chi connectivity index (χ2n) is 5.90. The summed E-state index contributed by atoms with van der Waals surface area (Å²) in [6.45, 7) is 0.393. The summed E-state index contributed by atoms with van der Waals surface area (Å²) in [6, 6.07) is 14.9. The van der Waals surface area contributed by atoms with Gasteiger partial charge in [-0.05, 0) is 48.0 Å². The van der Waals surface area contributed by atoms with Gasteiger partial charge in [0.1, 0.15) is 5.56 Å². The molecule has 3 heterocycles. The largest absolute Gasteiger partial charge is 0.348 e. The molecule has 0 aliphatic carbocycles. The van der Waals surface area contributed by atoms with Crippen LogP contribution >= 0.6 is 11.6 Å². The fraction of sp³-hybridized carbons (Fsp3) is 0.0500. The molecule has 0 radical (unpaired) electrons. The van der Waals surface area contributed by atoms with Crippen molar-refractivity contribution >= 4 is 17.5 Å². The Morgan fingerprint density at radius 2 is 1.81 bits per heavy atom. The Bertz CT molecular complexity index is 1040. The minimum Gasteiger partial charge on any atom is -0.348 e. The molecule has 4 rings (SSSR count). The number of hydrogen-bond acceptors (Lipinski definition) is 3. The molecule has 7 heteroatoms. The minimum absolute atomic E-state index is 0.206. The van der Waals surface area contributed by atoms with Crippen LogP contribution in [0.2, 0.25) is 5.02 Å². The summed E-state index contributed by atoms with van der Waals surface area (Å²) in [4.78, 5) is 16.9. The monoisotopic (exact) mass is 377 g/mol. The number of rotatable bonds is 5. The van der Waals surface area contributed by atoms with Gasteiger partial charge in [0.05, 0.1) is 11.9 Å². The lowest BCUT2D eigenvalue weighted by molar-refractivity contribution is 0.0951. The van der Waals surface area contributed by atoms with Gasteiger partial charge in [-0.2, -0.15) is 5.10 Å². The van der Waals surface area contributed by atoms with E-state index in [1.54, 1.807) is 35.4 Å². The lowest BCUT2D eigenvalue weighted by Crippen LogP contribution is -2.24. The first-order valence-electron chi connectivity index (χ1n) is 8.37. The zero-order valence-corrected chi connectivity index (χ0v) is 15.0. The average molecular weight is 378 g/mol. The van der Waals surface area contributed by atoms with E-state index in [1.165, 1.54) is 0 Å². The number of nitrogens with zero attached hydrogens (tertiary/aromatic N) is 4. The highest BCUT2D eigenvalue weighted by Crippen LogP contribution is 2.21. The minimum atomic E-state index is -0.206. The summed E-state index contributed by atoms with van der Waals surface area (Å²) in [5.41, 5.74) is 2.22. The highest BCUT2D eigenvalue weighted by molar-refractivity contribution is 6.30. The first-order chi connectivity index (χ1) is 13.2. The van der Waals surface area contributed by atoms with Gasteiger partial charge in [-0.1, -0.05) is 17.7 Å². The van der Waals surface area contributed by atoms with Crippen molar-refractivity contribution < 1.29 is 4.79 Å². The van der Waals surface area contributed by atoms with E-state index in [1.807, 2.05) is 53.4 Å². The molecule has 0 bridgehead atoms. The van der Waals surface area contributed by atoms with Crippen LogP contribution in [0.3, 0.4) is 0 Å². The van der Waals surface area contributed by atoms with Crippen molar-refractivity contribution in [3.8, 4) is 11.5 Å². The number of halogens is 1. The van der Waals surface area contributed by atoms with Crippen LogP contribution in [0, 0.1) is 0 Å². The Morgan fingerprint density at radius 1 is 1.04 bits per heavy atom. The smallest absolute Gasteiger partial charge is 0.256 e. The van der Waals surface area contributed by atoms with Gasteiger partial charge in [0.25, 0.3) is 5.91 Å². The Morgan fingerprint density at radius 3 is 2.52 bits per heavy atom. The van der Waals surface area contributed by atoms with E-state index in [2.05, 4.69) is 15.4 Å². The van der Waals surface area contributed by atoms with Crippen molar-refractivity contribution in [1.29, 1.82) is 0 Å². The molecule has 0 atom stereocenters. The van der Waals surface area contributed by atoms with E-state index in [9.17, 15) is 4.79 Å². The third-order valence-electron chi connectivity index (χ3n) is 4.08. The third-order valence-corrected chi connectivity index (χ3v) is 4.34. The SMILES string of the molecule is O=C(NCc1cccnc1)c1cnn(-c2ccc(Cl)cc2)c1-n1cccc1. The van der Waals surface area contributed by atoms with Crippen LogP contribution in [0.15, 0.2) is 79.5 Å². The van der Waals surface area contributed by atoms with Crippen LogP contribution in [0.5, 0.6) is 0 Å². The highest BCUT2D eigenvalue weighted by Gasteiger charge is 2.19. The number of benzene rings is 1. The summed E-state index contributed by atoms with van der Waals surface area (Å²) in [7, 11) is 0. The summed E-state index contributed by atoms with van der Waals surface area (Å²) < 4.78 is 3.58. The van der Waals surface area contributed by atoms with E-state index in [-0.39, 0.29) is 5.91 Å². The summed E-state index contributed by atoms with van der Waals surface area (Å²) >= 11 is 5.99.